The number of likely N-dealkylation sites (tertiary alicyclic amines) is 2. The lowest BCUT2D eigenvalue weighted by molar-refractivity contribution is 0.221. The number of halogens is 1. The number of pyridine rings is 1. The van der Waals surface area contributed by atoms with Gasteiger partial charge in [-0.15, -0.1) is 0 Å². The zero-order valence-electron chi connectivity index (χ0n) is 27.2. The molecule has 5 aromatic rings. The van der Waals surface area contributed by atoms with Crippen LogP contribution in [0.5, 0.6) is 0 Å². The van der Waals surface area contributed by atoms with Gasteiger partial charge in [-0.25, -0.2) is 0 Å². The van der Waals surface area contributed by atoms with Crippen LogP contribution < -0.4 is 5.32 Å². The Morgan fingerprint density at radius 3 is 1.89 bits per heavy atom. The van der Waals surface area contributed by atoms with Crippen LogP contribution in [-0.4, -0.2) is 41.0 Å². The van der Waals surface area contributed by atoms with E-state index in [4.69, 9.17) is 16.6 Å². The molecule has 0 aliphatic carbocycles. The number of piperidine rings is 2. The van der Waals surface area contributed by atoms with Gasteiger partial charge in [-0.2, -0.15) is 5.26 Å². The predicted octanol–water partition coefficient (Wildman–Crippen LogP) is 10.1. The molecule has 5 nitrogen and oxygen atoms in total. The average molecular weight is 640 g/mol. The number of nitriles is 1. The molecule has 1 N–H and O–H groups in total. The Morgan fingerprint density at radius 1 is 0.702 bits per heavy atom. The normalized spacial score (nSPS) is 15.9. The van der Waals surface area contributed by atoms with Crippen molar-refractivity contribution in [2.24, 2.45) is 0 Å². The third kappa shape index (κ3) is 7.21. The molecular formula is C41H42ClN5. The molecule has 0 unspecified atom stereocenters. The van der Waals surface area contributed by atoms with E-state index in [1.54, 1.807) is 6.20 Å². The Balaban J connectivity index is 1.15. The van der Waals surface area contributed by atoms with Gasteiger partial charge in [0.15, 0.2) is 0 Å². The summed E-state index contributed by atoms with van der Waals surface area (Å²) in [5.41, 5.74) is 11.1. The van der Waals surface area contributed by atoms with Crippen molar-refractivity contribution >= 4 is 33.9 Å². The number of nitrogens with one attached hydrogen (secondary N) is 1. The van der Waals surface area contributed by atoms with E-state index in [0.29, 0.717) is 10.6 Å². The molecule has 0 atom stereocenters. The molecule has 2 aliphatic rings. The number of benzene rings is 4. The maximum Gasteiger partial charge on any atom is 0.103 e. The van der Waals surface area contributed by atoms with Gasteiger partial charge in [-0.05, 0) is 128 Å². The van der Waals surface area contributed by atoms with Crippen LogP contribution in [0.15, 0.2) is 85.1 Å². The third-order valence-corrected chi connectivity index (χ3v) is 10.1. The topological polar surface area (TPSA) is 55.2 Å². The van der Waals surface area contributed by atoms with Crippen molar-refractivity contribution < 1.29 is 0 Å². The third-order valence-electron chi connectivity index (χ3n) is 9.76. The first-order chi connectivity index (χ1) is 23.0. The zero-order valence-corrected chi connectivity index (χ0v) is 28.0. The van der Waals surface area contributed by atoms with E-state index in [1.165, 1.54) is 81.4 Å². The van der Waals surface area contributed by atoms with E-state index < -0.39 is 0 Å². The highest BCUT2D eigenvalue weighted by Gasteiger charge is 2.17. The van der Waals surface area contributed by atoms with Gasteiger partial charge >= 0.3 is 0 Å². The number of aromatic nitrogens is 1. The fraction of sp³-hybridized carbons (Fsp3) is 0.317. The molecular weight excluding hydrogens is 598 g/mol. The summed E-state index contributed by atoms with van der Waals surface area (Å²) in [5, 5.41) is 15.1. The summed E-state index contributed by atoms with van der Waals surface area (Å²) >= 11 is 6.99. The van der Waals surface area contributed by atoms with Crippen molar-refractivity contribution in [3.05, 3.63) is 112 Å². The predicted molar refractivity (Wildman–Crippen MR) is 195 cm³/mol. The second-order valence-corrected chi connectivity index (χ2v) is 13.6. The van der Waals surface area contributed by atoms with E-state index in [0.717, 1.165) is 57.6 Å². The lowest BCUT2D eigenvalue weighted by atomic mass is 9.98. The minimum Gasteiger partial charge on any atom is -0.352 e. The summed E-state index contributed by atoms with van der Waals surface area (Å²) in [7, 11) is 0. The van der Waals surface area contributed by atoms with Crippen molar-refractivity contribution in [2.45, 2.75) is 58.5 Å². The van der Waals surface area contributed by atoms with Crippen LogP contribution in [0.4, 0.5) is 11.4 Å². The molecule has 3 heterocycles. The summed E-state index contributed by atoms with van der Waals surface area (Å²) in [6, 6.07) is 30.5. The Hall–Kier alpha value is -4.21. The van der Waals surface area contributed by atoms with Gasteiger partial charge in [-0.1, -0.05) is 73.0 Å². The standard InChI is InChI=1S/C41H42ClN5/c1-29-20-35(33-13-9-11-31(22-33)28-47-18-6-3-7-19-47)23-38(42)40(29)45-41-36(25-43)26-44-39-24-34(14-15-37(39)41)32-12-8-10-30(21-32)27-46-16-4-2-5-17-46/h8-15,20-24,26H,2-7,16-19,27-28H2,1H3,(H,44,45). The molecule has 1 aromatic heterocycles. The molecule has 2 aliphatic heterocycles. The van der Waals surface area contributed by atoms with Gasteiger partial charge in [0.25, 0.3) is 0 Å². The Labute approximate surface area is 283 Å². The van der Waals surface area contributed by atoms with Crippen LogP contribution in [-0.2, 0) is 13.1 Å². The van der Waals surface area contributed by atoms with Gasteiger partial charge in [0.2, 0.25) is 0 Å². The van der Waals surface area contributed by atoms with Crippen LogP contribution in [0.2, 0.25) is 5.02 Å². The first-order valence-corrected chi connectivity index (χ1v) is 17.5. The first-order valence-electron chi connectivity index (χ1n) is 17.1. The highest BCUT2D eigenvalue weighted by Crippen LogP contribution is 2.38. The van der Waals surface area contributed by atoms with Crippen LogP contribution in [0, 0.1) is 18.3 Å². The fourth-order valence-electron chi connectivity index (χ4n) is 7.24. The van der Waals surface area contributed by atoms with E-state index in [-0.39, 0.29) is 0 Å². The number of hydrogen-bond acceptors (Lipinski definition) is 5. The van der Waals surface area contributed by atoms with Crippen molar-refractivity contribution in [1.82, 2.24) is 14.8 Å². The molecule has 7 rings (SSSR count). The molecule has 0 amide bonds. The number of aryl methyl sites for hydroxylation is 1. The molecule has 0 bridgehead atoms. The summed E-state index contributed by atoms with van der Waals surface area (Å²) in [5.74, 6) is 0. The van der Waals surface area contributed by atoms with Crippen LogP contribution in [0.25, 0.3) is 33.2 Å². The summed E-state index contributed by atoms with van der Waals surface area (Å²) in [6.45, 7) is 8.76. The van der Waals surface area contributed by atoms with Crippen LogP contribution in [0.1, 0.15) is 60.8 Å². The molecule has 6 heteroatoms. The van der Waals surface area contributed by atoms with Crippen molar-refractivity contribution in [2.75, 3.05) is 31.5 Å². The highest BCUT2D eigenvalue weighted by atomic mass is 35.5. The van der Waals surface area contributed by atoms with Crippen molar-refractivity contribution in [3.8, 4) is 28.3 Å². The summed E-state index contributed by atoms with van der Waals surface area (Å²) in [6.07, 6.45) is 9.50. The first kappa shape index (κ1) is 31.4. The molecule has 2 fully saturated rings. The molecule has 47 heavy (non-hydrogen) atoms. The summed E-state index contributed by atoms with van der Waals surface area (Å²) < 4.78 is 0. The second-order valence-electron chi connectivity index (χ2n) is 13.2. The average Bonchev–Trinajstić information content (AvgIpc) is 3.10. The molecule has 0 radical (unpaired) electrons. The second kappa shape index (κ2) is 14.3. The highest BCUT2D eigenvalue weighted by molar-refractivity contribution is 6.34. The number of rotatable bonds is 8. The molecule has 238 valence electrons. The number of nitrogens with zero attached hydrogens (tertiary/aromatic N) is 4. The largest absolute Gasteiger partial charge is 0.352 e. The molecule has 0 saturated carbocycles. The van der Waals surface area contributed by atoms with Gasteiger partial charge in [-0.3, -0.25) is 14.8 Å². The SMILES string of the molecule is Cc1cc(-c2cccc(CN3CCCCC3)c2)cc(Cl)c1Nc1c(C#N)cnc2cc(-c3cccc(CN4CCCCC4)c3)ccc12. The van der Waals surface area contributed by atoms with Crippen molar-refractivity contribution in [1.29, 1.82) is 5.26 Å². The van der Waals surface area contributed by atoms with E-state index >= 15 is 0 Å². The Morgan fingerprint density at radius 2 is 1.30 bits per heavy atom. The van der Waals surface area contributed by atoms with Crippen molar-refractivity contribution in [3.63, 3.8) is 0 Å². The fourth-order valence-corrected chi connectivity index (χ4v) is 7.55. The lowest BCUT2D eigenvalue weighted by Crippen LogP contribution is -2.29. The van der Waals surface area contributed by atoms with Gasteiger partial charge in [0.1, 0.15) is 6.07 Å². The van der Waals surface area contributed by atoms with Crippen LogP contribution in [0.3, 0.4) is 0 Å². The zero-order chi connectivity index (χ0) is 32.2. The lowest BCUT2D eigenvalue weighted by Gasteiger charge is -2.26. The Kier molecular flexibility index (Phi) is 9.54. The minimum absolute atomic E-state index is 0.485. The molecule has 0 spiro atoms. The van der Waals surface area contributed by atoms with Gasteiger partial charge < -0.3 is 5.32 Å². The number of anilines is 2. The molecule has 4 aromatic carbocycles. The smallest absolute Gasteiger partial charge is 0.103 e. The maximum absolute atomic E-state index is 10.1. The van der Waals surface area contributed by atoms with E-state index in [9.17, 15) is 5.26 Å². The summed E-state index contributed by atoms with van der Waals surface area (Å²) in [4.78, 5) is 9.80. The maximum atomic E-state index is 10.1. The monoisotopic (exact) mass is 639 g/mol. The van der Waals surface area contributed by atoms with Crippen LogP contribution >= 0.6 is 11.6 Å². The van der Waals surface area contributed by atoms with Gasteiger partial charge in [0, 0.05) is 24.7 Å². The van der Waals surface area contributed by atoms with E-state index in [1.807, 2.05) is 6.07 Å². The number of hydrogen-bond donors (Lipinski definition) is 1. The van der Waals surface area contributed by atoms with Gasteiger partial charge in [0.05, 0.1) is 27.5 Å². The minimum atomic E-state index is 0.485. The van der Waals surface area contributed by atoms with E-state index in [2.05, 4.69) is 101 Å². The quantitative estimate of drug-likeness (QED) is 0.183. The number of fused-ring (bicyclic) bond motifs is 1. The Bertz CT molecular complexity index is 1910. The molecule has 2 saturated heterocycles.